The number of nitrogens with one attached hydrogen (secondary N) is 1. The molecule has 0 fully saturated rings. The van der Waals surface area contributed by atoms with E-state index in [0.29, 0.717) is 0 Å². The van der Waals surface area contributed by atoms with Crippen molar-refractivity contribution in [2.45, 2.75) is 32.6 Å². The molecule has 88 valence electrons. The van der Waals surface area contributed by atoms with Gasteiger partial charge in [-0.2, -0.15) is 0 Å². The Morgan fingerprint density at radius 1 is 1.19 bits per heavy atom. The van der Waals surface area contributed by atoms with E-state index in [0.717, 1.165) is 13.0 Å². The molecule has 0 aliphatic heterocycles. The first-order valence-electron chi connectivity index (χ1n) is 6.27. The van der Waals surface area contributed by atoms with Crippen molar-refractivity contribution in [1.82, 2.24) is 5.32 Å². The van der Waals surface area contributed by atoms with E-state index in [1.807, 2.05) is 7.05 Å². The lowest BCUT2D eigenvalue weighted by Crippen LogP contribution is -2.05. The first kappa shape index (κ1) is 13.0. The van der Waals surface area contributed by atoms with Gasteiger partial charge < -0.3 is 5.32 Å². The van der Waals surface area contributed by atoms with Crippen molar-refractivity contribution < 1.29 is 0 Å². The molecule has 0 aromatic heterocycles. The molecule has 0 radical (unpaired) electrons. The number of aryl methyl sites for hydroxylation is 1. The molecule has 0 saturated heterocycles. The molecule has 1 heteroatoms. The molecular weight excluding hydrogens is 194 g/mol. The van der Waals surface area contributed by atoms with Crippen molar-refractivity contribution in [3.63, 3.8) is 0 Å². The van der Waals surface area contributed by atoms with Crippen LogP contribution in [-0.4, -0.2) is 13.6 Å². The van der Waals surface area contributed by atoms with Gasteiger partial charge in [0.2, 0.25) is 0 Å². The third-order valence-electron chi connectivity index (χ3n) is 2.67. The monoisotopic (exact) mass is 217 g/mol. The van der Waals surface area contributed by atoms with Crippen LogP contribution in [0.3, 0.4) is 0 Å². The molecule has 16 heavy (non-hydrogen) atoms. The van der Waals surface area contributed by atoms with Gasteiger partial charge in [0, 0.05) is 0 Å². The van der Waals surface area contributed by atoms with Crippen LogP contribution >= 0.6 is 0 Å². The van der Waals surface area contributed by atoms with Crippen LogP contribution in [0.25, 0.3) is 6.08 Å². The Bertz CT molecular complexity index is 298. The lowest BCUT2D eigenvalue weighted by atomic mass is 10.1. The normalized spacial score (nSPS) is 11.1. The molecule has 0 atom stereocenters. The van der Waals surface area contributed by atoms with Crippen LogP contribution in [0.4, 0.5) is 0 Å². The highest BCUT2D eigenvalue weighted by molar-refractivity contribution is 5.49. The highest BCUT2D eigenvalue weighted by Gasteiger charge is 1.91. The summed E-state index contributed by atoms with van der Waals surface area (Å²) in [6.45, 7) is 3.28. The van der Waals surface area contributed by atoms with Crippen LogP contribution in [-0.2, 0) is 6.42 Å². The molecule has 0 heterocycles. The van der Waals surface area contributed by atoms with E-state index in [1.54, 1.807) is 0 Å². The van der Waals surface area contributed by atoms with E-state index in [-0.39, 0.29) is 0 Å². The maximum atomic E-state index is 3.13. The minimum atomic E-state index is 1.05. The van der Waals surface area contributed by atoms with E-state index in [4.69, 9.17) is 0 Å². The van der Waals surface area contributed by atoms with E-state index < -0.39 is 0 Å². The smallest absolute Gasteiger partial charge is 0.00172 e. The van der Waals surface area contributed by atoms with Crippen molar-refractivity contribution in [3.05, 3.63) is 41.5 Å². The summed E-state index contributed by atoms with van der Waals surface area (Å²) in [7, 11) is 1.98. The molecule has 0 amide bonds. The van der Waals surface area contributed by atoms with E-state index in [2.05, 4.69) is 48.7 Å². The second-order valence-corrected chi connectivity index (χ2v) is 4.14. The minimum absolute atomic E-state index is 1.05. The van der Waals surface area contributed by atoms with Gasteiger partial charge in [0.1, 0.15) is 0 Å². The largest absolute Gasteiger partial charge is 0.319 e. The van der Waals surface area contributed by atoms with Gasteiger partial charge in [0.15, 0.2) is 0 Å². The number of benzene rings is 1. The fraction of sp³-hybridized carbons (Fsp3) is 0.467. The van der Waals surface area contributed by atoms with Gasteiger partial charge in [-0.3, -0.25) is 0 Å². The van der Waals surface area contributed by atoms with Gasteiger partial charge in [-0.25, -0.2) is 0 Å². The lowest BCUT2D eigenvalue weighted by molar-refractivity contribution is 0.795. The molecule has 0 unspecified atom stereocenters. The fourth-order valence-electron chi connectivity index (χ4n) is 1.62. The van der Waals surface area contributed by atoms with Crippen LogP contribution in [0.1, 0.15) is 37.3 Å². The molecular formula is C15H23N. The zero-order valence-electron chi connectivity index (χ0n) is 10.5. The molecule has 0 aliphatic rings. The van der Waals surface area contributed by atoms with Gasteiger partial charge in [0.05, 0.1) is 0 Å². The van der Waals surface area contributed by atoms with Crippen LogP contribution in [0.5, 0.6) is 0 Å². The summed E-state index contributed by atoms with van der Waals surface area (Å²) in [6, 6.07) is 8.91. The predicted octanol–water partition coefficient (Wildman–Crippen LogP) is 3.65. The molecule has 1 N–H and O–H groups in total. The Hall–Kier alpha value is -1.08. The molecule has 1 aromatic rings. The lowest BCUT2D eigenvalue weighted by Gasteiger charge is -2.00. The Morgan fingerprint density at radius 3 is 2.56 bits per heavy atom. The second-order valence-electron chi connectivity index (χ2n) is 4.14. The summed E-state index contributed by atoms with van der Waals surface area (Å²) in [4.78, 5) is 0. The quantitative estimate of drug-likeness (QED) is 0.687. The molecule has 0 bridgehead atoms. The maximum absolute atomic E-state index is 3.13. The standard InChI is InChI=1S/C15H23N/c1-3-4-7-14-9-11-15(12-10-14)8-5-6-13-16-2/h5,8-12,16H,3-4,6-7,13H2,1-2H3. The number of hydrogen-bond donors (Lipinski definition) is 1. The van der Waals surface area contributed by atoms with Gasteiger partial charge in [-0.05, 0) is 44.0 Å². The Balaban J connectivity index is 2.41. The molecule has 0 spiro atoms. The van der Waals surface area contributed by atoms with Crippen LogP contribution in [0, 0.1) is 0 Å². The first-order chi connectivity index (χ1) is 7.86. The summed E-state index contributed by atoms with van der Waals surface area (Å²) in [6.07, 6.45) is 9.27. The van der Waals surface area contributed by atoms with Gasteiger partial charge in [-0.1, -0.05) is 49.8 Å². The molecule has 0 aliphatic carbocycles. The molecule has 1 aromatic carbocycles. The van der Waals surface area contributed by atoms with Gasteiger partial charge >= 0.3 is 0 Å². The summed E-state index contributed by atoms with van der Waals surface area (Å²) in [5, 5.41) is 3.13. The van der Waals surface area contributed by atoms with Gasteiger partial charge in [0.25, 0.3) is 0 Å². The zero-order chi connectivity index (χ0) is 11.6. The second kappa shape index (κ2) is 8.12. The van der Waals surface area contributed by atoms with E-state index in [1.165, 1.54) is 30.4 Å². The van der Waals surface area contributed by atoms with Crippen molar-refractivity contribution in [1.29, 1.82) is 0 Å². The zero-order valence-corrected chi connectivity index (χ0v) is 10.5. The third-order valence-corrected chi connectivity index (χ3v) is 2.67. The predicted molar refractivity (Wildman–Crippen MR) is 72.6 cm³/mol. The first-order valence-corrected chi connectivity index (χ1v) is 6.27. The molecule has 1 nitrogen and oxygen atoms in total. The van der Waals surface area contributed by atoms with Crippen molar-refractivity contribution in [2.24, 2.45) is 0 Å². The van der Waals surface area contributed by atoms with Crippen LogP contribution in [0.15, 0.2) is 30.3 Å². The Morgan fingerprint density at radius 2 is 1.94 bits per heavy atom. The van der Waals surface area contributed by atoms with Crippen LogP contribution < -0.4 is 5.32 Å². The van der Waals surface area contributed by atoms with E-state index >= 15 is 0 Å². The van der Waals surface area contributed by atoms with E-state index in [9.17, 15) is 0 Å². The van der Waals surface area contributed by atoms with Crippen LogP contribution in [0.2, 0.25) is 0 Å². The summed E-state index contributed by atoms with van der Waals surface area (Å²) in [5.41, 5.74) is 2.76. The third kappa shape index (κ3) is 5.13. The molecule has 1 rings (SSSR count). The Kier molecular flexibility index (Phi) is 6.59. The fourth-order valence-corrected chi connectivity index (χ4v) is 1.62. The molecule has 0 saturated carbocycles. The van der Waals surface area contributed by atoms with Gasteiger partial charge in [-0.15, -0.1) is 0 Å². The summed E-state index contributed by atoms with van der Waals surface area (Å²) in [5.74, 6) is 0. The van der Waals surface area contributed by atoms with Crippen molar-refractivity contribution in [3.8, 4) is 0 Å². The summed E-state index contributed by atoms with van der Waals surface area (Å²) < 4.78 is 0. The Labute approximate surface area is 99.6 Å². The number of hydrogen-bond acceptors (Lipinski definition) is 1. The number of rotatable bonds is 7. The minimum Gasteiger partial charge on any atom is -0.319 e. The van der Waals surface area contributed by atoms with Crippen molar-refractivity contribution in [2.75, 3.05) is 13.6 Å². The average Bonchev–Trinajstić information content (AvgIpc) is 2.33. The van der Waals surface area contributed by atoms with Crippen molar-refractivity contribution >= 4 is 6.08 Å². The maximum Gasteiger partial charge on any atom is -0.00172 e. The number of unbranched alkanes of at least 4 members (excludes halogenated alkanes) is 1. The summed E-state index contributed by atoms with van der Waals surface area (Å²) >= 11 is 0. The highest BCUT2D eigenvalue weighted by atomic mass is 14.8. The average molecular weight is 217 g/mol. The SMILES string of the molecule is CCCCc1ccc(C=CCCNC)cc1. The topological polar surface area (TPSA) is 12.0 Å². The highest BCUT2D eigenvalue weighted by Crippen LogP contribution is 2.09.